The summed E-state index contributed by atoms with van der Waals surface area (Å²) in [6, 6.07) is 10.6. The van der Waals surface area contributed by atoms with Crippen molar-refractivity contribution in [3.63, 3.8) is 0 Å². The van der Waals surface area contributed by atoms with Gasteiger partial charge in [0.2, 0.25) is 6.79 Å². The first kappa shape index (κ1) is 21.5. The molecule has 2 aromatic carbocycles. The van der Waals surface area contributed by atoms with Crippen LogP contribution in [0.25, 0.3) is 0 Å². The van der Waals surface area contributed by atoms with Crippen molar-refractivity contribution in [2.24, 2.45) is 5.73 Å². The maximum absolute atomic E-state index is 12.9. The molecule has 9 heteroatoms. The van der Waals surface area contributed by atoms with Crippen LogP contribution in [0, 0.1) is 6.92 Å². The second kappa shape index (κ2) is 8.80. The molecule has 1 aromatic heterocycles. The fourth-order valence-electron chi connectivity index (χ4n) is 3.50. The fraction of sp³-hybridized carbons (Fsp3) is 0.217. The molecule has 1 aliphatic heterocycles. The van der Waals surface area contributed by atoms with Crippen molar-refractivity contribution in [2.75, 3.05) is 26.3 Å². The fourth-order valence-corrected chi connectivity index (χ4v) is 4.74. The number of benzene rings is 2. The van der Waals surface area contributed by atoms with Crippen LogP contribution < -0.4 is 30.0 Å². The average molecular weight is 455 g/mol. The summed E-state index contributed by atoms with van der Waals surface area (Å²) in [5.41, 5.74) is 8.04. The molecule has 4 rings (SSSR count). The maximum Gasteiger partial charge on any atom is 0.256 e. The number of carbonyl (C=O) groups excluding carboxylic acids is 2. The summed E-state index contributed by atoms with van der Waals surface area (Å²) in [6.07, 6.45) is 0.555. The number of nitrogens with two attached hydrogens (primary N) is 1. The largest absolute Gasteiger partial charge is 0.493 e. The van der Waals surface area contributed by atoms with Gasteiger partial charge in [0, 0.05) is 16.9 Å². The SMILES string of the molecule is COc1ccc(C(=O)Nc2sc(Cc3ccc4c(c3)OCO4)c(C)c2C(N)=O)cc1OC. The predicted octanol–water partition coefficient (Wildman–Crippen LogP) is 3.74. The van der Waals surface area contributed by atoms with Gasteiger partial charge >= 0.3 is 0 Å². The van der Waals surface area contributed by atoms with E-state index in [1.54, 1.807) is 18.2 Å². The summed E-state index contributed by atoms with van der Waals surface area (Å²) >= 11 is 1.32. The van der Waals surface area contributed by atoms with E-state index in [2.05, 4.69) is 5.32 Å². The lowest BCUT2D eigenvalue weighted by Gasteiger charge is -2.10. The number of primary amides is 1. The van der Waals surface area contributed by atoms with Crippen LogP contribution in [0.4, 0.5) is 5.00 Å². The average Bonchev–Trinajstić information content (AvgIpc) is 3.37. The van der Waals surface area contributed by atoms with Gasteiger partial charge in [0.15, 0.2) is 23.0 Å². The number of ether oxygens (including phenoxy) is 4. The number of nitrogens with one attached hydrogen (secondary N) is 1. The molecule has 0 fully saturated rings. The zero-order chi connectivity index (χ0) is 22.8. The third kappa shape index (κ3) is 4.06. The molecule has 0 bridgehead atoms. The van der Waals surface area contributed by atoms with Crippen molar-refractivity contribution in [3.8, 4) is 23.0 Å². The molecule has 0 saturated heterocycles. The van der Waals surface area contributed by atoms with E-state index >= 15 is 0 Å². The lowest BCUT2D eigenvalue weighted by atomic mass is 10.1. The molecule has 2 heterocycles. The second-order valence-electron chi connectivity index (χ2n) is 7.11. The van der Waals surface area contributed by atoms with Crippen LogP contribution in [0.3, 0.4) is 0 Å². The standard InChI is InChI=1S/C23H22N2O6S/c1-12-19(9-13-4-6-16-18(8-13)31-11-30-16)32-23(20(12)21(24)26)25-22(27)14-5-7-15(28-2)17(10-14)29-3/h4-8,10H,9,11H2,1-3H3,(H2,24,26)(H,25,27). The summed E-state index contributed by atoms with van der Waals surface area (Å²) in [4.78, 5) is 26.0. The topological polar surface area (TPSA) is 109 Å². The van der Waals surface area contributed by atoms with E-state index in [1.165, 1.54) is 25.6 Å². The lowest BCUT2D eigenvalue weighted by molar-refractivity contribution is 0.100. The van der Waals surface area contributed by atoms with E-state index in [0.717, 1.165) is 16.0 Å². The van der Waals surface area contributed by atoms with Gasteiger partial charge < -0.3 is 30.0 Å². The molecule has 0 radical (unpaired) electrons. The van der Waals surface area contributed by atoms with Crippen molar-refractivity contribution < 1.29 is 28.5 Å². The van der Waals surface area contributed by atoms with Crippen molar-refractivity contribution in [1.29, 1.82) is 0 Å². The molecule has 1 aliphatic rings. The normalized spacial score (nSPS) is 11.8. The summed E-state index contributed by atoms with van der Waals surface area (Å²) in [5, 5.41) is 3.23. The highest BCUT2D eigenvalue weighted by Gasteiger charge is 2.22. The molecule has 0 aliphatic carbocycles. The molecular formula is C23H22N2O6S. The Morgan fingerprint density at radius 2 is 1.81 bits per heavy atom. The smallest absolute Gasteiger partial charge is 0.256 e. The molecule has 3 aromatic rings. The molecule has 0 spiro atoms. The minimum atomic E-state index is -0.599. The first-order valence-corrected chi connectivity index (χ1v) is 10.6. The highest BCUT2D eigenvalue weighted by molar-refractivity contribution is 7.17. The number of methoxy groups -OCH3 is 2. The van der Waals surface area contributed by atoms with E-state index < -0.39 is 5.91 Å². The molecule has 0 saturated carbocycles. The van der Waals surface area contributed by atoms with Crippen molar-refractivity contribution in [3.05, 3.63) is 63.5 Å². The Morgan fingerprint density at radius 3 is 2.53 bits per heavy atom. The van der Waals surface area contributed by atoms with E-state index in [4.69, 9.17) is 24.7 Å². The molecule has 0 atom stereocenters. The van der Waals surface area contributed by atoms with E-state index in [1.807, 2.05) is 25.1 Å². The van der Waals surface area contributed by atoms with Crippen LogP contribution in [0.2, 0.25) is 0 Å². The monoisotopic (exact) mass is 454 g/mol. The van der Waals surface area contributed by atoms with Gasteiger partial charge in [-0.05, 0) is 48.4 Å². The number of carbonyl (C=O) groups is 2. The summed E-state index contributed by atoms with van der Waals surface area (Å²) in [5.74, 6) is 1.36. The Bertz CT molecular complexity index is 1200. The van der Waals surface area contributed by atoms with Gasteiger partial charge in [0.05, 0.1) is 19.8 Å². The van der Waals surface area contributed by atoms with Crippen LogP contribution in [0.15, 0.2) is 36.4 Å². The van der Waals surface area contributed by atoms with Gasteiger partial charge in [-0.15, -0.1) is 11.3 Å². The molecule has 3 N–H and O–H groups in total. The molecular weight excluding hydrogens is 432 g/mol. The Kier molecular flexibility index (Phi) is 5.91. The summed E-state index contributed by atoms with van der Waals surface area (Å²) in [7, 11) is 3.02. The third-order valence-corrected chi connectivity index (χ3v) is 6.37. The van der Waals surface area contributed by atoms with E-state index in [0.29, 0.717) is 45.5 Å². The second-order valence-corrected chi connectivity index (χ2v) is 8.21. The van der Waals surface area contributed by atoms with Gasteiger partial charge in [-0.3, -0.25) is 9.59 Å². The number of hydrogen-bond donors (Lipinski definition) is 2. The van der Waals surface area contributed by atoms with Crippen LogP contribution >= 0.6 is 11.3 Å². The molecule has 32 heavy (non-hydrogen) atoms. The zero-order valence-electron chi connectivity index (χ0n) is 17.8. The number of hydrogen-bond acceptors (Lipinski definition) is 7. The third-order valence-electron chi connectivity index (χ3n) is 5.17. The number of fused-ring (bicyclic) bond motifs is 1. The van der Waals surface area contributed by atoms with Crippen LogP contribution in [0.1, 0.15) is 36.7 Å². The van der Waals surface area contributed by atoms with Gasteiger partial charge in [0.25, 0.3) is 11.8 Å². The zero-order valence-corrected chi connectivity index (χ0v) is 18.6. The number of thiophene rings is 1. The number of amides is 2. The van der Waals surface area contributed by atoms with Crippen LogP contribution in [-0.2, 0) is 6.42 Å². The first-order chi connectivity index (χ1) is 15.4. The van der Waals surface area contributed by atoms with Gasteiger partial charge in [-0.2, -0.15) is 0 Å². The quantitative estimate of drug-likeness (QED) is 0.563. The highest BCUT2D eigenvalue weighted by Crippen LogP contribution is 2.37. The first-order valence-electron chi connectivity index (χ1n) is 9.75. The molecule has 8 nitrogen and oxygen atoms in total. The molecule has 2 amide bonds. The molecule has 166 valence electrons. The van der Waals surface area contributed by atoms with Crippen molar-refractivity contribution >= 4 is 28.2 Å². The van der Waals surface area contributed by atoms with Gasteiger partial charge in [-0.1, -0.05) is 6.07 Å². The van der Waals surface area contributed by atoms with E-state index in [9.17, 15) is 9.59 Å². The Morgan fingerprint density at radius 1 is 1.06 bits per heavy atom. The lowest BCUT2D eigenvalue weighted by Crippen LogP contribution is -2.17. The Hall–Kier alpha value is -3.72. The Labute approximate surface area is 188 Å². The summed E-state index contributed by atoms with van der Waals surface area (Å²) < 4.78 is 21.3. The minimum absolute atomic E-state index is 0.203. The van der Waals surface area contributed by atoms with Crippen LogP contribution in [-0.4, -0.2) is 32.8 Å². The summed E-state index contributed by atoms with van der Waals surface area (Å²) in [6.45, 7) is 2.03. The van der Waals surface area contributed by atoms with Gasteiger partial charge in [0.1, 0.15) is 5.00 Å². The van der Waals surface area contributed by atoms with Crippen LogP contribution in [0.5, 0.6) is 23.0 Å². The minimum Gasteiger partial charge on any atom is -0.493 e. The maximum atomic E-state index is 12.9. The number of rotatable bonds is 7. The molecule has 0 unspecified atom stereocenters. The van der Waals surface area contributed by atoms with Gasteiger partial charge in [-0.25, -0.2) is 0 Å². The predicted molar refractivity (Wildman–Crippen MR) is 120 cm³/mol. The van der Waals surface area contributed by atoms with Crippen molar-refractivity contribution in [2.45, 2.75) is 13.3 Å². The Balaban J connectivity index is 1.61. The highest BCUT2D eigenvalue weighted by atomic mass is 32.1. The number of anilines is 1. The van der Waals surface area contributed by atoms with E-state index in [-0.39, 0.29) is 12.7 Å². The van der Waals surface area contributed by atoms with Crippen molar-refractivity contribution in [1.82, 2.24) is 0 Å².